The van der Waals surface area contributed by atoms with E-state index in [1.165, 1.54) is 7.11 Å². The zero-order valence-corrected chi connectivity index (χ0v) is 16.0. The predicted molar refractivity (Wildman–Crippen MR) is 88.3 cm³/mol. The van der Waals surface area contributed by atoms with E-state index >= 15 is 0 Å². The molecule has 1 N–H and O–H groups in total. The van der Waals surface area contributed by atoms with E-state index in [0.29, 0.717) is 12.7 Å². The van der Waals surface area contributed by atoms with Crippen molar-refractivity contribution < 1.29 is 47.3 Å². The van der Waals surface area contributed by atoms with Gasteiger partial charge in [0.2, 0.25) is 0 Å². The van der Waals surface area contributed by atoms with Gasteiger partial charge >= 0.3 is 23.8 Å². The fourth-order valence-electron chi connectivity index (χ4n) is 3.95. The molecule has 0 spiro atoms. The first-order valence-corrected chi connectivity index (χ1v) is 8.82. The summed E-state index contributed by atoms with van der Waals surface area (Å²) in [6, 6.07) is 0. The SMILES string of the molecule is COC1C2CC(C1OC(=O)C(C)(C)C)C(C(=O)OCC(F)(F)C(=O)O)C2C=O. The molecular weight excluding hydrogens is 382 g/mol. The van der Waals surface area contributed by atoms with Crippen LogP contribution in [-0.2, 0) is 33.4 Å². The van der Waals surface area contributed by atoms with E-state index in [1.807, 2.05) is 0 Å². The fourth-order valence-corrected chi connectivity index (χ4v) is 3.95. The van der Waals surface area contributed by atoms with Crippen LogP contribution in [0.25, 0.3) is 0 Å². The number of carboxylic acid groups (broad SMARTS) is 1. The van der Waals surface area contributed by atoms with Crippen LogP contribution in [0.1, 0.15) is 27.2 Å². The van der Waals surface area contributed by atoms with Gasteiger partial charge < -0.3 is 24.1 Å². The lowest BCUT2D eigenvalue weighted by Gasteiger charge is -2.37. The summed E-state index contributed by atoms with van der Waals surface area (Å²) >= 11 is 0. The first kappa shape index (κ1) is 22.2. The third-order valence-corrected chi connectivity index (χ3v) is 5.35. The zero-order chi connectivity index (χ0) is 21.4. The van der Waals surface area contributed by atoms with Crippen molar-refractivity contribution in [2.45, 2.75) is 45.3 Å². The van der Waals surface area contributed by atoms with Gasteiger partial charge in [-0.15, -0.1) is 0 Å². The summed E-state index contributed by atoms with van der Waals surface area (Å²) in [7, 11) is 1.39. The van der Waals surface area contributed by atoms with Crippen LogP contribution in [0.3, 0.4) is 0 Å². The van der Waals surface area contributed by atoms with Crippen molar-refractivity contribution in [1.29, 1.82) is 0 Å². The Balaban J connectivity index is 2.20. The summed E-state index contributed by atoms with van der Waals surface area (Å²) in [6.45, 7) is 3.32. The third-order valence-electron chi connectivity index (χ3n) is 5.35. The Morgan fingerprint density at radius 2 is 1.75 bits per heavy atom. The van der Waals surface area contributed by atoms with Gasteiger partial charge in [0.05, 0.1) is 17.4 Å². The van der Waals surface area contributed by atoms with Gasteiger partial charge in [-0.1, -0.05) is 0 Å². The Labute approximate surface area is 160 Å². The molecule has 2 saturated carbocycles. The lowest BCUT2D eigenvalue weighted by molar-refractivity contribution is -0.188. The number of hydrogen-bond donors (Lipinski definition) is 1. The summed E-state index contributed by atoms with van der Waals surface area (Å²) < 4.78 is 41.9. The number of aldehydes is 1. The van der Waals surface area contributed by atoms with E-state index < -0.39 is 71.7 Å². The lowest BCUT2D eigenvalue weighted by atomic mass is 9.77. The number of carbonyl (C=O) groups excluding carboxylic acids is 3. The van der Waals surface area contributed by atoms with Crippen LogP contribution in [0.2, 0.25) is 0 Å². The third kappa shape index (κ3) is 4.01. The van der Waals surface area contributed by atoms with Crippen molar-refractivity contribution in [3.05, 3.63) is 0 Å². The molecule has 2 bridgehead atoms. The van der Waals surface area contributed by atoms with Crippen molar-refractivity contribution in [2.75, 3.05) is 13.7 Å². The van der Waals surface area contributed by atoms with Gasteiger partial charge in [-0.25, -0.2) is 4.79 Å². The molecule has 10 heteroatoms. The number of carboxylic acids is 1. The van der Waals surface area contributed by atoms with E-state index in [4.69, 9.17) is 14.6 Å². The molecule has 2 aliphatic rings. The fraction of sp³-hybridized carbons (Fsp3) is 0.778. The summed E-state index contributed by atoms with van der Waals surface area (Å²) in [5, 5.41) is 8.44. The monoisotopic (exact) mass is 406 g/mol. The van der Waals surface area contributed by atoms with E-state index in [2.05, 4.69) is 4.74 Å². The van der Waals surface area contributed by atoms with Crippen LogP contribution in [0, 0.1) is 29.1 Å². The van der Waals surface area contributed by atoms with E-state index in [1.54, 1.807) is 20.8 Å². The molecule has 0 aromatic rings. The maximum atomic E-state index is 13.2. The Hall–Kier alpha value is -2.10. The summed E-state index contributed by atoms with van der Waals surface area (Å²) in [4.78, 5) is 46.7. The van der Waals surface area contributed by atoms with Crippen LogP contribution in [0.5, 0.6) is 0 Å². The lowest BCUT2D eigenvalue weighted by Crippen LogP contribution is -2.50. The van der Waals surface area contributed by atoms with E-state index in [-0.39, 0.29) is 0 Å². The second kappa shape index (κ2) is 7.73. The molecule has 158 valence electrons. The van der Waals surface area contributed by atoms with E-state index in [0.717, 1.165) is 0 Å². The number of hydrogen-bond acceptors (Lipinski definition) is 7. The highest BCUT2D eigenvalue weighted by Gasteiger charge is 2.63. The average Bonchev–Trinajstić information content (AvgIpc) is 3.13. The molecule has 28 heavy (non-hydrogen) atoms. The van der Waals surface area contributed by atoms with Gasteiger partial charge in [0.25, 0.3) is 0 Å². The number of fused-ring (bicyclic) bond motifs is 2. The van der Waals surface area contributed by atoms with Crippen molar-refractivity contribution in [1.82, 2.24) is 0 Å². The van der Waals surface area contributed by atoms with Gasteiger partial charge in [0.15, 0.2) is 6.61 Å². The Bertz CT molecular complexity index is 656. The van der Waals surface area contributed by atoms with Crippen LogP contribution >= 0.6 is 0 Å². The molecule has 0 amide bonds. The summed E-state index contributed by atoms with van der Waals surface area (Å²) in [6.07, 6.45) is -0.592. The molecule has 0 heterocycles. The number of esters is 2. The molecule has 8 nitrogen and oxygen atoms in total. The second-order valence-corrected chi connectivity index (χ2v) is 8.24. The largest absolute Gasteiger partial charge is 0.477 e. The number of methoxy groups -OCH3 is 1. The average molecular weight is 406 g/mol. The van der Waals surface area contributed by atoms with Crippen molar-refractivity contribution in [3.63, 3.8) is 0 Å². The highest BCUT2D eigenvalue weighted by Crippen LogP contribution is 2.54. The number of halogens is 2. The Kier molecular flexibility index (Phi) is 6.13. The number of ether oxygens (including phenoxy) is 3. The summed E-state index contributed by atoms with van der Waals surface area (Å²) in [5.74, 6) is -11.4. The zero-order valence-electron chi connectivity index (χ0n) is 16.0. The standard InChI is InChI=1S/C18H24F2O8/c1-17(2,3)16(25)28-13-9-5-8(12(13)26-4)10(6-21)11(9)14(22)27-7-18(19,20)15(23)24/h6,8-13H,5,7H2,1-4H3,(H,23,24). The Morgan fingerprint density at radius 1 is 1.14 bits per heavy atom. The van der Waals surface area contributed by atoms with Crippen LogP contribution in [-0.4, -0.2) is 61.1 Å². The molecule has 0 radical (unpaired) electrons. The molecule has 0 aromatic heterocycles. The first-order chi connectivity index (χ1) is 12.8. The first-order valence-electron chi connectivity index (χ1n) is 8.82. The maximum Gasteiger partial charge on any atom is 0.378 e. The molecule has 0 aromatic carbocycles. The number of carbonyl (C=O) groups is 4. The molecule has 2 aliphatic carbocycles. The molecule has 2 rings (SSSR count). The molecule has 0 aliphatic heterocycles. The summed E-state index contributed by atoms with van der Waals surface area (Å²) in [5.41, 5.74) is -0.816. The predicted octanol–water partition coefficient (Wildman–Crippen LogP) is 1.30. The minimum absolute atomic E-state index is 0.319. The van der Waals surface area contributed by atoms with Gasteiger partial charge in [-0.3, -0.25) is 9.59 Å². The second-order valence-electron chi connectivity index (χ2n) is 8.24. The van der Waals surface area contributed by atoms with Gasteiger partial charge in [-0.05, 0) is 33.1 Å². The van der Waals surface area contributed by atoms with Gasteiger partial charge in [-0.2, -0.15) is 8.78 Å². The van der Waals surface area contributed by atoms with Crippen LogP contribution in [0.4, 0.5) is 8.78 Å². The quantitative estimate of drug-likeness (QED) is 0.497. The number of alkyl halides is 2. The van der Waals surface area contributed by atoms with Crippen LogP contribution < -0.4 is 0 Å². The van der Waals surface area contributed by atoms with Gasteiger partial charge in [0, 0.05) is 18.9 Å². The minimum Gasteiger partial charge on any atom is -0.477 e. The van der Waals surface area contributed by atoms with Crippen molar-refractivity contribution >= 4 is 24.2 Å². The normalized spacial score (nSPS) is 32.1. The molecule has 2 fully saturated rings. The highest BCUT2D eigenvalue weighted by molar-refractivity contribution is 5.81. The van der Waals surface area contributed by atoms with Gasteiger partial charge in [0.1, 0.15) is 12.4 Å². The van der Waals surface area contributed by atoms with Crippen molar-refractivity contribution in [2.24, 2.45) is 29.1 Å². The topological polar surface area (TPSA) is 116 Å². The van der Waals surface area contributed by atoms with E-state index in [9.17, 15) is 28.0 Å². The molecule has 6 atom stereocenters. The smallest absolute Gasteiger partial charge is 0.378 e. The number of rotatable bonds is 7. The Morgan fingerprint density at radius 3 is 2.21 bits per heavy atom. The van der Waals surface area contributed by atoms with Crippen LogP contribution in [0.15, 0.2) is 0 Å². The minimum atomic E-state index is -4.24. The molecule has 0 saturated heterocycles. The molecule has 6 unspecified atom stereocenters. The molecular formula is C18H24F2O8. The van der Waals surface area contributed by atoms with Crippen molar-refractivity contribution in [3.8, 4) is 0 Å². The highest BCUT2D eigenvalue weighted by atomic mass is 19.3. The maximum absolute atomic E-state index is 13.2. The number of aliphatic carboxylic acids is 1.